The van der Waals surface area contributed by atoms with E-state index in [4.69, 9.17) is 5.11 Å². The van der Waals surface area contributed by atoms with Crippen molar-refractivity contribution in [1.82, 2.24) is 16.0 Å². The highest BCUT2D eigenvalue weighted by molar-refractivity contribution is 5.86. The average molecular weight is 285 g/mol. The number of rotatable bonds is 7. The van der Waals surface area contributed by atoms with E-state index in [2.05, 4.69) is 16.0 Å². The van der Waals surface area contributed by atoms with Gasteiger partial charge in [0.25, 0.3) is 0 Å². The van der Waals surface area contributed by atoms with Crippen molar-refractivity contribution in [1.29, 1.82) is 0 Å². The number of piperazine rings is 1. The zero-order chi connectivity index (χ0) is 15.1. The molecule has 0 aromatic carbocycles. The molecule has 4 N–H and O–H groups in total. The molecule has 1 fully saturated rings. The second-order valence-electron chi connectivity index (χ2n) is 5.32. The predicted molar refractivity (Wildman–Crippen MR) is 73.1 cm³/mol. The Bertz CT molecular complexity index is 363. The van der Waals surface area contributed by atoms with Crippen molar-refractivity contribution >= 4 is 17.8 Å². The van der Waals surface area contributed by atoms with E-state index in [-0.39, 0.29) is 30.3 Å². The fraction of sp³-hybridized carbons (Fsp3) is 0.769. The van der Waals surface area contributed by atoms with E-state index < -0.39 is 12.0 Å². The predicted octanol–water partition coefficient (Wildman–Crippen LogP) is -0.530. The molecule has 3 atom stereocenters. The van der Waals surface area contributed by atoms with Crippen molar-refractivity contribution < 1.29 is 19.5 Å². The average Bonchev–Trinajstić information content (AvgIpc) is 2.39. The first kappa shape index (κ1) is 16.4. The molecule has 20 heavy (non-hydrogen) atoms. The summed E-state index contributed by atoms with van der Waals surface area (Å²) in [4.78, 5) is 33.5. The molecule has 0 radical (unpaired) electrons. The first-order valence-electron chi connectivity index (χ1n) is 6.93. The van der Waals surface area contributed by atoms with Gasteiger partial charge < -0.3 is 15.7 Å². The van der Waals surface area contributed by atoms with Gasteiger partial charge in [-0.2, -0.15) is 0 Å². The van der Waals surface area contributed by atoms with Gasteiger partial charge in [-0.1, -0.05) is 13.3 Å². The molecule has 0 spiro atoms. The number of hydrogen-bond donors (Lipinski definition) is 4. The number of nitrogens with one attached hydrogen (secondary N) is 3. The summed E-state index contributed by atoms with van der Waals surface area (Å²) in [7, 11) is 0. The van der Waals surface area contributed by atoms with Gasteiger partial charge in [-0.3, -0.25) is 19.7 Å². The SMILES string of the molecule is CC(CCCC(C)C(=O)O)NC(=O)C1CNC(=O)CN1. The Labute approximate surface area is 118 Å². The number of carboxylic acid groups (broad SMARTS) is 1. The Hall–Kier alpha value is -1.63. The second kappa shape index (κ2) is 7.84. The molecule has 1 aliphatic heterocycles. The molecule has 0 aromatic rings. The summed E-state index contributed by atoms with van der Waals surface area (Å²) in [6.45, 7) is 4.03. The van der Waals surface area contributed by atoms with Gasteiger partial charge in [0.2, 0.25) is 11.8 Å². The van der Waals surface area contributed by atoms with Crippen molar-refractivity contribution in [3.63, 3.8) is 0 Å². The van der Waals surface area contributed by atoms with Crippen molar-refractivity contribution in [3.8, 4) is 0 Å². The fourth-order valence-electron chi connectivity index (χ4n) is 2.02. The minimum atomic E-state index is -0.788. The summed E-state index contributed by atoms with van der Waals surface area (Å²) in [5.74, 6) is -1.38. The van der Waals surface area contributed by atoms with Crippen molar-refractivity contribution in [2.24, 2.45) is 5.92 Å². The minimum Gasteiger partial charge on any atom is -0.481 e. The highest BCUT2D eigenvalue weighted by Gasteiger charge is 2.24. The van der Waals surface area contributed by atoms with E-state index in [1.54, 1.807) is 6.92 Å². The quantitative estimate of drug-likeness (QED) is 0.503. The van der Waals surface area contributed by atoms with Crippen LogP contribution in [0.4, 0.5) is 0 Å². The van der Waals surface area contributed by atoms with Crippen LogP contribution in [0.15, 0.2) is 0 Å². The van der Waals surface area contributed by atoms with Crippen LogP contribution in [0.25, 0.3) is 0 Å². The molecule has 1 aliphatic rings. The van der Waals surface area contributed by atoms with Gasteiger partial charge >= 0.3 is 5.97 Å². The summed E-state index contributed by atoms with van der Waals surface area (Å²) < 4.78 is 0. The van der Waals surface area contributed by atoms with Crippen LogP contribution in [-0.4, -0.2) is 48.1 Å². The fourth-order valence-corrected chi connectivity index (χ4v) is 2.02. The Morgan fingerprint density at radius 2 is 2.10 bits per heavy atom. The van der Waals surface area contributed by atoms with Gasteiger partial charge in [0.1, 0.15) is 6.04 Å². The van der Waals surface area contributed by atoms with E-state index in [0.29, 0.717) is 13.0 Å². The minimum absolute atomic E-state index is 0.0112. The normalized spacial score (nSPS) is 21.7. The van der Waals surface area contributed by atoms with Crippen LogP contribution in [0, 0.1) is 5.92 Å². The molecule has 0 saturated carbocycles. The zero-order valence-electron chi connectivity index (χ0n) is 11.9. The first-order valence-corrected chi connectivity index (χ1v) is 6.93. The monoisotopic (exact) mass is 285 g/mol. The topological polar surface area (TPSA) is 108 Å². The smallest absolute Gasteiger partial charge is 0.306 e. The van der Waals surface area contributed by atoms with Crippen LogP contribution < -0.4 is 16.0 Å². The highest BCUT2D eigenvalue weighted by atomic mass is 16.4. The van der Waals surface area contributed by atoms with Crippen molar-refractivity contribution in [2.75, 3.05) is 13.1 Å². The van der Waals surface area contributed by atoms with Gasteiger partial charge in [-0.25, -0.2) is 0 Å². The second-order valence-corrected chi connectivity index (χ2v) is 5.32. The van der Waals surface area contributed by atoms with Gasteiger partial charge in [0.05, 0.1) is 12.5 Å². The molecule has 1 saturated heterocycles. The summed E-state index contributed by atoms with van der Waals surface area (Å²) in [6.07, 6.45) is 2.10. The van der Waals surface area contributed by atoms with Gasteiger partial charge in [0, 0.05) is 12.6 Å². The van der Waals surface area contributed by atoms with Crippen LogP contribution >= 0.6 is 0 Å². The molecular weight excluding hydrogens is 262 g/mol. The van der Waals surface area contributed by atoms with Crippen LogP contribution in [0.5, 0.6) is 0 Å². The number of carbonyl (C=O) groups is 3. The summed E-state index contributed by atoms with van der Waals surface area (Å²) in [6, 6.07) is -0.406. The molecular formula is C13H23N3O4. The maximum atomic E-state index is 11.9. The summed E-state index contributed by atoms with van der Waals surface area (Å²) in [5.41, 5.74) is 0. The molecule has 0 aromatic heterocycles. The lowest BCUT2D eigenvalue weighted by Gasteiger charge is -2.25. The van der Waals surface area contributed by atoms with Crippen LogP contribution in [0.1, 0.15) is 33.1 Å². The van der Waals surface area contributed by atoms with Crippen LogP contribution in [-0.2, 0) is 14.4 Å². The Kier molecular flexibility index (Phi) is 6.44. The molecule has 114 valence electrons. The van der Waals surface area contributed by atoms with Crippen molar-refractivity contribution in [2.45, 2.75) is 45.2 Å². The Balaban J connectivity index is 2.21. The van der Waals surface area contributed by atoms with Crippen LogP contribution in [0.2, 0.25) is 0 Å². The number of carbonyl (C=O) groups excluding carboxylic acids is 2. The van der Waals surface area contributed by atoms with Crippen molar-refractivity contribution in [3.05, 3.63) is 0 Å². The Morgan fingerprint density at radius 3 is 2.65 bits per heavy atom. The third kappa shape index (κ3) is 5.56. The molecule has 0 bridgehead atoms. The lowest BCUT2D eigenvalue weighted by atomic mass is 10.0. The third-order valence-corrected chi connectivity index (χ3v) is 3.41. The maximum absolute atomic E-state index is 11.9. The Morgan fingerprint density at radius 1 is 1.40 bits per heavy atom. The number of amides is 2. The van der Waals surface area contributed by atoms with E-state index in [1.165, 1.54) is 0 Å². The largest absolute Gasteiger partial charge is 0.481 e. The maximum Gasteiger partial charge on any atom is 0.306 e. The van der Waals surface area contributed by atoms with Gasteiger partial charge in [-0.05, 0) is 19.8 Å². The zero-order valence-corrected chi connectivity index (χ0v) is 11.9. The first-order chi connectivity index (χ1) is 9.40. The van der Waals surface area contributed by atoms with Crippen LogP contribution in [0.3, 0.4) is 0 Å². The highest BCUT2D eigenvalue weighted by Crippen LogP contribution is 2.09. The number of aliphatic carboxylic acids is 1. The molecule has 3 unspecified atom stereocenters. The molecule has 1 heterocycles. The number of hydrogen-bond acceptors (Lipinski definition) is 4. The molecule has 7 nitrogen and oxygen atoms in total. The van der Waals surface area contributed by atoms with E-state index in [0.717, 1.165) is 12.8 Å². The molecule has 2 amide bonds. The number of carboxylic acids is 1. The van der Waals surface area contributed by atoms with Gasteiger partial charge in [0.15, 0.2) is 0 Å². The standard InChI is InChI=1S/C13H23N3O4/c1-8(13(19)20)4-3-5-9(2)16-12(18)10-6-15-11(17)7-14-10/h8-10,14H,3-7H2,1-2H3,(H,15,17)(H,16,18)(H,19,20). The van der Waals surface area contributed by atoms with E-state index >= 15 is 0 Å². The van der Waals surface area contributed by atoms with E-state index in [9.17, 15) is 14.4 Å². The van der Waals surface area contributed by atoms with Gasteiger partial charge in [-0.15, -0.1) is 0 Å². The molecule has 1 rings (SSSR count). The van der Waals surface area contributed by atoms with E-state index in [1.807, 2.05) is 6.92 Å². The molecule has 7 heteroatoms. The summed E-state index contributed by atoms with van der Waals surface area (Å²) >= 11 is 0. The third-order valence-electron chi connectivity index (χ3n) is 3.41. The molecule has 0 aliphatic carbocycles. The lowest BCUT2D eigenvalue weighted by molar-refractivity contribution is -0.141. The lowest BCUT2D eigenvalue weighted by Crippen LogP contribution is -2.58. The summed E-state index contributed by atoms with van der Waals surface area (Å²) in [5, 5.41) is 17.1.